The van der Waals surface area contributed by atoms with Crippen molar-refractivity contribution in [2.75, 3.05) is 31.6 Å². The van der Waals surface area contributed by atoms with Crippen molar-refractivity contribution in [3.63, 3.8) is 0 Å². The number of ether oxygens (including phenoxy) is 2. The van der Waals surface area contributed by atoms with Crippen molar-refractivity contribution in [2.45, 2.75) is 12.8 Å². The highest BCUT2D eigenvalue weighted by Crippen LogP contribution is 2.21. The fourth-order valence-electron chi connectivity index (χ4n) is 3.80. The van der Waals surface area contributed by atoms with Crippen LogP contribution >= 0.6 is 12.2 Å². The number of para-hydroxylation sites is 3. The van der Waals surface area contributed by atoms with Crippen LogP contribution in [-0.2, 0) is 0 Å². The highest BCUT2D eigenvalue weighted by Gasteiger charge is 2.22. The van der Waals surface area contributed by atoms with Gasteiger partial charge >= 0.3 is 0 Å². The standard InChI is InChI=1S/C27H27N3O4S/c31-25(22-13-5-7-15-24(22)34-19-18-33-20-10-2-1-3-11-20)29-27(35)28-23-14-6-4-12-21(23)26(32)30-16-8-9-17-30/h1-7,10-15H,8-9,16-19H2,(H2,28,29,31,35). The van der Waals surface area contributed by atoms with Gasteiger partial charge in [0.25, 0.3) is 11.8 Å². The Bertz CT molecular complexity index is 1180. The fraction of sp³-hybridized carbons (Fsp3) is 0.222. The summed E-state index contributed by atoms with van der Waals surface area (Å²) in [4.78, 5) is 27.6. The van der Waals surface area contributed by atoms with Gasteiger partial charge in [0.2, 0.25) is 0 Å². The lowest BCUT2D eigenvalue weighted by atomic mass is 10.1. The van der Waals surface area contributed by atoms with Crippen LogP contribution in [0.2, 0.25) is 0 Å². The molecule has 0 spiro atoms. The van der Waals surface area contributed by atoms with Gasteiger partial charge in [0, 0.05) is 13.1 Å². The minimum atomic E-state index is -0.412. The monoisotopic (exact) mass is 489 g/mol. The number of carbonyl (C=O) groups excluding carboxylic acids is 2. The van der Waals surface area contributed by atoms with E-state index in [-0.39, 0.29) is 17.6 Å². The van der Waals surface area contributed by atoms with Crippen molar-refractivity contribution >= 4 is 34.8 Å². The number of amides is 2. The molecule has 180 valence electrons. The maximum absolute atomic E-state index is 12.9. The van der Waals surface area contributed by atoms with E-state index in [0.717, 1.165) is 31.7 Å². The first-order valence-electron chi connectivity index (χ1n) is 11.5. The maximum atomic E-state index is 12.9. The highest BCUT2D eigenvalue weighted by molar-refractivity contribution is 7.80. The summed E-state index contributed by atoms with van der Waals surface area (Å²) in [6, 6.07) is 23.5. The number of carbonyl (C=O) groups is 2. The van der Waals surface area contributed by atoms with Gasteiger partial charge in [-0.25, -0.2) is 0 Å². The first-order chi connectivity index (χ1) is 17.1. The van der Waals surface area contributed by atoms with Gasteiger partial charge in [-0.05, 0) is 61.5 Å². The summed E-state index contributed by atoms with van der Waals surface area (Å²) in [5.41, 5.74) is 1.42. The average molecular weight is 490 g/mol. The molecule has 1 aliphatic heterocycles. The zero-order chi connectivity index (χ0) is 24.5. The molecule has 3 aromatic rings. The zero-order valence-corrected chi connectivity index (χ0v) is 20.1. The van der Waals surface area contributed by atoms with E-state index in [1.165, 1.54) is 0 Å². The SMILES string of the molecule is O=C(NC(=S)Nc1ccccc1C(=O)N1CCCC1)c1ccccc1OCCOc1ccccc1. The summed E-state index contributed by atoms with van der Waals surface area (Å²) in [6.07, 6.45) is 2.02. The number of benzene rings is 3. The minimum absolute atomic E-state index is 0.0452. The summed E-state index contributed by atoms with van der Waals surface area (Å²) in [6.45, 7) is 2.11. The largest absolute Gasteiger partial charge is 0.490 e. The first-order valence-corrected chi connectivity index (χ1v) is 11.9. The number of hydrogen-bond donors (Lipinski definition) is 2. The van der Waals surface area contributed by atoms with Gasteiger partial charge in [0.1, 0.15) is 24.7 Å². The summed E-state index contributed by atoms with van der Waals surface area (Å²) >= 11 is 5.37. The quantitative estimate of drug-likeness (QED) is 0.358. The van der Waals surface area contributed by atoms with Gasteiger partial charge in [-0.2, -0.15) is 0 Å². The number of anilines is 1. The van der Waals surface area contributed by atoms with Crippen LogP contribution in [0.1, 0.15) is 33.6 Å². The Morgan fingerprint density at radius 3 is 2.20 bits per heavy atom. The van der Waals surface area contributed by atoms with Gasteiger partial charge in [0.05, 0.1) is 16.8 Å². The second-order valence-corrected chi connectivity index (χ2v) is 8.37. The Labute approximate surface area is 210 Å². The van der Waals surface area contributed by atoms with Crippen LogP contribution in [0.5, 0.6) is 11.5 Å². The van der Waals surface area contributed by atoms with Crippen LogP contribution < -0.4 is 20.1 Å². The number of likely N-dealkylation sites (tertiary alicyclic amines) is 1. The van der Waals surface area contributed by atoms with E-state index in [4.69, 9.17) is 21.7 Å². The van der Waals surface area contributed by atoms with Crippen LogP contribution in [0.25, 0.3) is 0 Å². The number of nitrogens with one attached hydrogen (secondary N) is 2. The molecule has 1 heterocycles. The molecule has 2 N–H and O–H groups in total. The van der Waals surface area contributed by atoms with E-state index >= 15 is 0 Å². The minimum Gasteiger partial charge on any atom is -0.490 e. The number of rotatable bonds is 8. The third kappa shape index (κ3) is 6.58. The van der Waals surface area contributed by atoms with Crippen molar-refractivity contribution in [3.05, 3.63) is 90.0 Å². The smallest absolute Gasteiger partial charge is 0.261 e. The van der Waals surface area contributed by atoms with Gasteiger partial charge in [0.15, 0.2) is 5.11 Å². The molecule has 35 heavy (non-hydrogen) atoms. The first kappa shape index (κ1) is 24.2. The lowest BCUT2D eigenvalue weighted by Gasteiger charge is -2.19. The Kier molecular flexibility index (Phi) is 8.30. The van der Waals surface area contributed by atoms with E-state index < -0.39 is 5.91 Å². The fourth-order valence-corrected chi connectivity index (χ4v) is 4.00. The molecule has 0 bridgehead atoms. The summed E-state index contributed by atoms with van der Waals surface area (Å²) in [5.74, 6) is 0.720. The highest BCUT2D eigenvalue weighted by atomic mass is 32.1. The third-order valence-corrected chi connectivity index (χ3v) is 5.71. The molecule has 0 radical (unpaired) electrons. The van der Waals surface area contributed by atoms with Gasteiger partial charge < -0.3 is 19.7 Å². The predicted molar refractivity (Wildman–Crippen MR) is 139 cm³/mol. The summed E-state index contributed by atoms with van der Waals surface area (Å²) < 4.78 is 11.4. The maximum Gasteiger partial charge on any atom is 0.261 e. The molecule has 0 atom stereocenters. The summed E-state index contributed by atoms with van der Waals surface area (Å²) in [7, 11) is 0. The van der Waals surface area contributed by atoms with E-state index in [1.807, 2.05) is 47.4 Å². The molecule has 1 fully saturated rings. The van der Waals surface area contributed by atoms with Crippen LogP contribution in [-0.4, -0.2) is 48.1 Å². The van der Waals surface area contributed by atoms with Crippen LogP contribution in [0.4, 0.5) is 5.69 Å². The zero-order valence-electron chi connectivity index (χ0n) is 19.2. The summed E-state index contributed by atoms with van der Waals surface area (Å²) in [5, 5.41) is 5.78. The Morgan fingerprint density at radius 1 is 0.800 bits per heavy atom. The number of nitrogens with zero attached hydrogens (tertiary/aromatic N) is 1. The van der Waals surface area contributed by atoms with E-state index in [2.05, 4.69) is 10.6 Å². The number of hydrogen-bond acceptors (Lipinski definition) is 5. The molecule has 4 rings (SSSR count). The second kappa shape index (κ2) is 12.0. The normalized spacial score (nSPS) is 12.6. The molecular weight excluding hydrogens is 462 g/mol. The number of thiocarbonyl (C=S) groups is 1. The van der Waals surface area contributed by atoms with Gasteiger partial charge in [-0.3, -0.25) is 14.9 Å². The van der Waals surface area contributed by atoms with Crippen LogP contribution in [0.15, 0.2) is 78.9 Å². The molecule has 3 aromatic carbocycles. The molecule has 7 nitrogen and oxygen atoms in total. The lowest BCUT2D eigenvalue weighted by Crippen LogP contribution is -2.35. The molecule has 8 heteroatoms. The molecule has 1 aliphatic rings. The lowest BCUT2D eigenvalue weighted by molar-refractivity contribution is 0.0793. The van der Waals surface area contributed by atoms with Gasteiger partial charge in [-0.15, -0.1) is 0 Å². The van der Waals surface area contributed by atoms with Crippen molar-refractivity contribution in [2.24, 2.45) is 0 Å². The van der Waals surface area contributed by atoms with Crippen molar-refractivity contribution < 1.29 is 19.1 Å². The van der Waals surface area contributed by atoms with E-state index in [1.54, 1.807) is 36.4 Å². The van der Waals surface area contributed by atoms with Crippen LogP contribution in [0, 0.1) is 0 Å². The molecule has 2 amide bonds. The van der Waals surface area contributed by atoms with Crippen molar-refractivity contribution in [1.29, 1.82) is 0 Å². The molecule has 0 saturated carbocycles. The second-order valence-electron chi connectivity index (χ2n) is 7.96. The molecule has 0 aliphatic carbocycles. The van der Waals surface area contributed by atoms with E-state index in [9.17, 15) is 9.59 Å². The van der Waals surface area contributed by atoms with Crippen molar-refractivity contribution in [3.8, 4) is 11.5 Å². The predicted octanol–water partition coefficient (Wildman–Crippen LogP) is 4.51. The Balaban J connectivity index is 1.34. The molecule has 1 saturated heterocycles. The van der Waals surface area contributed by atoms with E-state index in [0.29, 0.717) is 29.2 Å². The van der Waals surface area contributed by atoms with Crippen molar-refractivity contribution in [1.82, 2.24) is 10.2 Å². The molecule has 0 aromatic heterocycles. The molecular formula is C27H27N3O4S. The third-order valence-electron chi connectivity index (χ3n) is 5.51. The topological polar surface area (TPSA) is 79.9 Å². The Hall–Kier alpha value is -3.91. The average Bonchev–Trinajstić information content (AvgIpc) is 3.42. The van der Waals surface area contributed by atoms with Gasteiger partial charge in [-0.1, -0.05) is 42.5 Å². The van der Waals surface area contributed by atoms with Crippen LogP contribution in [0.3, 0.4) is 0 Å². The molecule has 0 unspecified atom stereocenters. The Morgan fingerprint density at radius 2 is 1.43 bits per heavy atom.